The van der Waals surface area contributed by atoms with Crippen LogP contribution in [0.3, 0.4) is 0 Å². The van der Waals surface area contributed by atoms with Gasteiger partial charge in [0.2, 0.25) is 5.91 Å². The van der Waals surface area contributed by atoms with E-state index >= 15 is 0 Å². The first-order valence-corrected chi connectivity index (χ1v) is 7.99. The van der Waals surface area contributed by atoms with Gasteiger partial charge >= 0.3 is 0 Å². The summed E-state index contributed by atoms with van der Waals surface area (Å²) >= 11 is 5.85. The van der Waals surface area contributed by atoms with Gasteiger partial charge in [-0.1, -0.05) is 54.1 Å². The standard InChI is InChI=1S/C19H22ClNO2/c1-19(2,14-23-13-16-6-4-3-5-7-16)21-18(22)12-15-8-10-17(20)11-9-15/h3-11H,12-14H2,1-2H3,(H,21,22). The number of rotatable bonds is 7. The van der Waals surface area contributed by atoms with Crippen molar-refractivity contribution in [1.29, 1.82) is 0 Å². The van der Waals surface area contributed by atoms with Crippen LogP contribution in [0.2, 0.25) is 5.02 Å². The highest BCUT2D eigenvalue weighted by atomic mass is 35.5. The molecule has 2 rings (SSSR count). The van der Waals surface area contributed by atoms with Crippen LogP contribution in [0.15, 0.2) is 54.6 Å². The Morgan fingerprint density at radius 1 is 1.04 bits per heavy atom. The van der Waals surface area contributed by atoms with Gasteiger partial charge in [0.1, 0.15) is 0 Å². The van der Waals surface area contributed by atoms with E-state index in [1.54, 1.807) is 12.1 Å². The van der Waals surface area contributed by atoms with Crippen LogP contribution in [0.5, 0.6) is 0 Å². The summed E-state index contributed by atoms with van der Waals surface area (Å²) < 4.78 is 5.72. The molecule has 0 bridgehead atoms. The average molecular weight is 332 g/mol. The zero-order valence-electron chi connectivity index (χ0n) is 13.5. The summed E-state index contributed by atoms with van der Waals surface area (Å²) in [7, 11) is 0. The number of carbonyl (C=O) groups excluding carboxylic acids is 1. The van der Waals surface area contributed by atoms with E-state index in [2.05, 4.69) is 5.32 Å². The average Bonchev–Trinajstić information content (AvgIpc) is 2.50. The molecule has 0 aliphatic heterocycles. The Hall–Kier alpha value is -1.84. The van der Waals surface area contributed by atoms with Crippen LogP contribution in [-0.2, 0) is 22.6 Å². The Balaban J connectivity index is 1.78. The number of ether oxygens (including phenoxy) is 1. The van der Waals surface area contributed by atoms with Crippen molar-refractivity contribution in [1.82, 2.24) is 5.32 Å². The predicted molar refractivity (Wildman–Crippen MR) is 93.5 cm³/mol. The summed E-state index contributed by atoms with van der Waals surface area (Å²) in [6.45, 7) is 4.90. The van der Waals surface area contributed by atoms with E-state index in [0.29, 0.717) is 24.7 Å². The molecule has 0 heterocycles. The molecule has 2 aromatic carbocycles. The molecule has 0 fully saturated rings. The number of amides is 1. The molecule has 122 valence electrons. The molecular weight excluding hydrogens is 310 g/mol. The molecule has 2 aromatic rings. The fraction of sp³-hybridized carbons (Fsp3) is 0.316. The van der Waals surface area contributed by atoms with Crippen LogP contribution in [-0.4, -0.2) is 18.1 Å². The minimum absolute atomic E-state index is 0.0272. The molecule has 0 aliphatic carbocycles. The highest BCUT2D eigenvalue weighted by Gasteiger charge is 2.20. The van der Waals surface area contributed by atoms with Crippen LogP contribution in [0.4, 0.5) is 0 Å². The van der Waals surface area contributed by atoms with Gasteiger partial charge in [-0.05, 0) is 37.1 Å². The third-order valence-corrected chi connectivity index (χ3v) is 3.58. The molecule has 0 radical (unpaired) electrons. The Morgan fingerprint density at radius 2 is 1.70 bits per heavy atom. The molecule has 0 saturated carbocycles. The molecule has 0 aliphatic rings. The minimum Gasteiger partial charge on any atom is -0.374 e. The van der Waals surface area contributed by atoms with Crippen LogP contribution >= 0.6 is 11.6 Å². The summed E-state index contributed by atoms with van der Waals surface area (Å²) in [5.41, 5.74) is 1.64. The van der Waals surface area contributed by atoms with Crippen molar-refractivity contribution >= 4 is 17.5 Å². The first-order chi connectivity index (χ1) is 10.9. The molecule has 4 heteroatoms. The Bertz CT molecular complexity index is 624. The Labute approximate surface area is 142 Å². The van der Waals surface area contributed by atoms with E-state index < -0.39 is 5.54 Å². The van der Waals surface area contributed by atoms with Gasteiger partial charge in [0.05, 0.1) is 25.2 Å². The van der Waals surface area contributed by atoms with Crippen molar-refractivity contribution in [3.8, 4) is 0 Å². The topological polar surface area (TPSA) is 38.3 Å². The summed E-state index contributed by atoms with van der Waals surface area (Å²) in [5.74, 6) is -0.0272. The van der Waals surface area contributed by atoms with Crippen molar-refractivity contribution in [2.75, 3.05) is 6.61 Å². The molecule has 0 unspecified atom stereocenters. The largest absolute Gasteiger partial charge is 0.374 e. The lowest BCUT2D eigenvalue weighted by Crippen LogP contribution is -2.47. The van der Waals surface area contributed by atoms with Gasteiger partial charge in [0.25, 0.3) is 0 Å². The van der Waals surface area contributed by atoms with Crippen LogP contribution in [0.25, 0.3) is 0 Å². The number of hydrogen-bond acceptors (Lipinski definition) is 2. The first kappa shape index (κ1) is 17.5. The second-order valence-corrected chi connectivity index (χ2v) is 6.65. The second-order valence-electron chi connectivity index (χ2n) is 6.21. The van der Waals surface area contributed by atoms with Gasteiger partial charge in [0.15, 0.2) is 0 Å². The predicted octanol–water partition coefficient (Wildman–Crippen LogP) is 3.99. The summed E-state index contributed by atoms with van der Waals surface area (Å²) in [6.07, 6.45) is 0.333. The molecule has 0 atom stereocenters. The molecule has 3 nitrogen and oxygen atoms in total. The van der Waals surface area contributed by atoms with Crippen LogP contribution < -0.4 is 5.32 Å². The van der Waals surface area contributed by atoms with Crippen molar-refractivity contribution in [2.24, 2.45) is 0 Å². The minimum atomic E-state index is -0.418. The lowest BCUT2D eigenvalue weighted by molar-refractivity contribution is -0.122. The number of benzene rings is 2. The van der Waals surface area contributed by atoms with Gasteiger partial charge < -0.3 is 10.1 Å². The van der Waals surface area contributed by atoms with Crippen molar-refractivity contribution < 1.29 is 9.53 Å². The number of carbonyl (C=O) groups is 1. The van der Waals surface area contributed by atoms with E-state index in [1.165, 1.54) is 0 Å². The summed E-state index contributed by atoms with van der Waals surface area (Å²) in [6, 6.07) is 17.3. The maximum atomic E-state index is 12.1. The Kier molecular flexibility index (Phi) is 6.20. The lowest BCUT2D eigenvalue weighted by Gasteiger charge is -2.26. The smallest absolute Gasteiger partial charge is 0.224 e. The Morgan fingerprint density at radius 3 is 2.35 bits per heavy atom. The van der Waals surface area contributed by atoms with E-state index in [0.717, 1.165) is 11.1 Å². The molecular formula is C19H22ClNO2. The highest BCUT2D eigenvalue weighted by Crippen LogP contribution is 2.11. The van der Waals surface area contributed by atoms with Gasteiger partial charge in [-0.2, -0.15) is 0 Å². The quantitative estimate of drug-likeness (QED) is 0.833. The van der Waals surface area contributed by atoms with Crippen LogP contribution in [0.1, 0.15) is 25.0 Å². The zero-order chi connectivity index (χ0) is 16.7. The SMILES string of the molecule is CC(C)(COCc1ccccc1)NC(=O)Cc1ccc(Cl)cc1. The lowest BCUT2D eigenvalue weighted by atomic mass is 10.1. The molecule has 0 spiro atoms. The zero-order valence-corrected chi connectivity index (χ0v) is 14.3. The monoisotopic (exact) mass is 331 g/mol. The molecule has 1 amide bonds. The molecule has 0 aromatic heterocycles. The summed E-state index contributed by atoms with van der Waals surface area (Å²) in [4.78, 5) is 12.1. The molecule has 23 heavy (non-hydrogen) atoms. The maximum absolute atomic E-state index is 12.1. The van der Waals surface area contributed by atoms with Gasteiger partial charge in [-0.3, -0.25) is 4.79 Å². The third kappa shape index (κ3) is 6.43. The van der Waals surface area contributed by atoms with Crippen molar-refractivity contribution in [3.05, 3.63) is 70.7 Å². The van der Waals surface area contributed by atoms with E-state index in [-0.39, 0.29) is 5.91 Å². The molecule has 1 N–H and O–H groups in total. The number of nitrogens with one attached hydrogen (secondary N) is 1. The van der Waals surface area contributed by atoms with E-state index in [1.807, 2.05) is 56.3 Å². The van der Waals surface area contributed by atoms with Crippen molar-refractivity contribution in [3.63, 3.8) is 0 Å². The van der Waals surface area contributed by atoms with E-state index in [9.17, 15) is 4.79 Å². The fourth-order valence-corrected chi connectivity index (χ4v) is 2.37. The van der Waals surface area contributed by atoms with Gasteiger partial charge in [-0.25, -0.2) is 0 Å². The van der Waals surface area contributed by atoms with E-state index in [4.69, 9.17) is 16.3 Å². The second kappa shape index (κ2) is 8.14. The van der Waals surface area contributed by atoms with Gasteiger partial charge in [-0.15, -0.1) is 0 Å². The normalized spacial score (nSPS) is 11.3. The van der Waals surface area contributed by atoms with Crippen molar-refractivity contribution in [2.45, 2.75) is 32.4 Å². The van der Waals surface area contributed by atoms with Crippen LogP contribution in [0, 0.1) is 0 Å². The third-order valence-electron chi connectivity index (χ3n) is 3.33. The highest BCUT2D eigenvalue weighted by molar-refractivity contribution is 6.30. The number of halogens is 1. The number of hydrogen-bond donors (Lipinski definition) is 1. The fourth-order valence-electron chi connectivity index (χ4n) is 2.24. The summed E-state index contributed by atoms with van der Waals surface area (Å²) in [5, 5.41) is 3.68. The maximum Gasteiger partial charge on any atom is 0.224 e. The molecule has 0 saturated heterocycles. The van der Waals surface area contributed by atoms with Gasteiger partial charge in [0, 0.05) is 5.02 Å². The first-order valence-electron chi connectivity index (χ1n) is 7.62.